The van der Waals surface area contributed by atoms with Gasteiger partial charge in [-0.2, -0.15) is 0 Å². The summed E-state index contributed by atoms with van der Waals surface area (Å²) >= 11 is 0. The van der Waals surface area contributed by atoms with E-state index >= 15 is 0 Å². The van der Waals surface area contributed by atoms with Gasteiger partial charge >= 0.3 is 5.97 Å². The molecule has 1 aliphatic carbocycles. The van der Waals surface area contributed by atoms with E-state index in [4.69, 9.17) is 9.84 Å². The van der Waals surface area contributed by atoms with Crippen molar-refractivity contribution in [1.82, 2.24) is 0 Å². The van der Waals surface area contributed by atoms with E-state index in [1.54, 1.807) is 32.9 Å². The maximum absolute atomic E-state index is 13.5. The Labute approximate surface area is 100 Å². The van der Waals surface area contributed by atoms with E-state index in [9.17, 15) is 9.18 Å². The third-order valence-electron chi connectivity index (χ3n) is 2.34. The lowest BCUT2D eigenvalue weighted by molar-refractivity contribution is -0.142. The fourth-order valence-electron chi connectivity index (χ4n) is 1.57. The van der Waals surface area contributed by atoms with E-state index in [-0.39, 0.29) is 12.2 Å². The van der Waals surface area contributed by atoms with E-state index in [1.807, 2.05) is 0 Å². The molecule has 0 spiro atoms. The number of rotatable bonds is 4. The highest BCUT2D eigenvalue weighted by Gasteiger charge is 2.24. The number of carboxylic acid groups (broad SMARTS) is 1. The molecule has 0 aromatic carbocycles. The minimum atomic E-state index is -0.938. The predicted molar refractivity (Wildman–Crippen MR) is 63.1 cm³/mol. The number of hydrogen-bond acceptors (Lipinski definition) is 2. The first-order valence-electron chi connectivity index (χ1n) is 5.44. The monoisotopic (exact) mass is 240 g/mol. The summed E-state index contributed by atoms with van der Waals surface area (Å²) in [5, 5.41) is 8.73. The molecule has 0 amide bonds. The first kappa shape index (κ1) is 13.5. The van der Waals surface area contributed by atoms with Gasteiger partial charge in [-0.25, -0.2) is 4.39 Å². The largest absolute Gasteiger partial charge is 0.491 e. The Morgan fingerprint density at radius 2 is 2.24 bits per heavy atom. The average molecular weight is 240 g/mol. The van der Waals surface area contributed by atoms with Crippen LogP contribution >= 0.6 is 0 Å². The number of ether oxygens (including phenoxy) is 1. The minimum Gasteiger partial charge on any atom is -0.491 e. The van der Waals surface area contributed by atoms with Crippen molar-refractivity contribution in [2.45, 2.75) is 39.2 Å². The molecule has 17 heavy (non-hydrogen) atoms. The Morgan fingerprint density at radius 3 is 2.82 bits per heavy atom. The lowest BCUT2D eigenvalue weighted by Crippen LogP contribution is -2.27. The van der Waals surface area contributed by atoms with Crippen LogP contribution in [0.25, 0.3) is 0 Å². The first-order chi connectivity index (χ1) is 7.80. The summed E-state index contributed by atoms with van der Waals surface area (Å²) in [6, 6.07) is 0. The van der Waals surface area contributed by atoms with Crippen LogP contribution in [0.1, 0.15) is 33.6 Å². The molecule has 3 nitrogen and oxygen atoms in total. The number of carbonyl (C=O) groups is 1. The fourth-order valence-corrected chi connectivity index (χ4v) is 1.57. The molecule has 0 aromatic rings. The molecule has 0 heterocycles. The Kier molecular flexibility index (Phi) is 4.10. The lowest BCUT2D eigenvalue weighted by Gasteiger charge is -2.25. The summed E-state index contributed by atoms with van der Waals surface area (Å²) in [5.74, 6) is -0.839. The summed E-state index contributed by atoms with van der Waals surface area (Å²) in [6.45, 7) is 5.02. The van der Waals surface area contributed by atoms with Crippen LogP contribution in [0.4, 0.5) is 4.39 Å². The molecule has 1 N–H and O–H groups in total. The fraction of sp³-hybridized carbons (Fsp3) is 0.462. The van der Waals surface area contributed by atoms with Crippen LogP contribution < -0.4 is 0 Å². The molecular formula is C13H17FO3. The van der Waals surface area contributed by atoms with Gasteiger partial charge < -0.3 is 9.84 Å². The molecule has 0 saturated heterocycles. The number of aliphatic carboxylic acids is 1. The van der Waals surface area contributed by atoms with Crippen molar-refractivity contribution >= 4 is 5.97 Å². The predicted octanol–water partition coefficient (Wildman–Crippen LogP) is 3.34. The van der Waals surface area contributed by atoms with Gasteiger partial charge in [-0.3, -0.25) is 4.79 Å². The zero-order chi connectivity index (χ0) is 13.1. The molecule has 1 aliphatic rings. The first-order valence-corrected chi connectivity index (χ1v) is 5.44. The Balaban J connectivity index is 2.79. The maximum atomic E-state index is 13.5. The molecule has 4 heteroatoms. The van der Waals surface area contributed by atoms with Gasteiger partial charge in [-0.05, 0) is 26.3 Å². The topological polar surface area (TPSA) is 46.5 Å². The molecule has 0 fully saturated rings. The summed E-state index contributed by atoms with van der Waals surface area (Å²) in [6.07, 6.45) is 5.14. The summed E-state index contributed by atoms with van der Waals surface area (Å²) < 4.78 is 19.0. The lowest BCUT2D eigenvalue weighted by atomic mass is 10.1. The third kappa shape index (κ3) is 4.43. The molecule has 0 saturated carbocycles. The van der Waals surface area contributed by atoms with Crippen molar-refractivity contribution < 1.29 is 19.0 Å². The second-order valence-electron chi connectivity index (χ2n) is 4.68. The zero-order valence-electron chi connectivity index (χ0n) is 10.3. The van der Waals surface area contributed by atoms with Crippen molar-refractivity contribution in [2.24, 2.45) is 0 Å². The van der Waals surface area contributed by atoms with Crippen LogP contribution in [0.3, 0.4) is 0 Å². The van der Waals surface area contributed by atoms with E-state index < -0.39 is 11.6 Å². The number of allylic oxidation sites excluding steroid dienone is 5. The van der Waals surface area contributed by atoms with Crippen LogP contribution in [0.15, 0.2) is 35.4 Å². The Morgan fingerprint density at radius 1 is 1.59 bits per heavy atom. The maximum Gasteiger partial charge on any atom is 0.307 e. The highest BCUT2D eigenvalue weighted by Crippen LogP contribution is 2.25. The van der Waals surface area contributed by atoms with E-state index in [0.29, 0.717) is 17.8 Å². The van der Waals surface area contributed by atoms with Crippen molar-refractivity contribution in [2.75, 3.05) is 0 Å². The standard InChI is InChI=1S/C13H17FO3/c1-9-5-4-6-10(7-11(9)14)17-13(2,3)8-12(15)16/h4-5,7H,6,8H2,1-3H3,(H,15,16). The van der Waals surface area contributed by atoms with Crippen molar-refractivity contribution in [3.05, 3.63) is 35.4 Å². The highest BCUT2D eigenvalue weighted by atomic mass is 19.1. The van der Waals surface area contributed by atoms with Gasteiger partial charge in [0.05, 0.1) is 6.42 Å². The molecule has 0 atom stereocenters. The van der Waals surface area contributed by atoms with E-state index in [1.165, 1.54) is 6.08 Å². The zero-order valence-corrected chi connectivity index (χ0v) is 10.3. The van der Waals surface area contributed by atoms with Crippen LogP contribution in [0, 0.1) is 0 Å². The highest BCUT2D eigenvalue weighted by molar-refractivity contribution is 5.68. The molecule has 0 aliphatic heterocycles. The molecule has 1 rings (SSSR count). The van der Waals surface area contributed by atoms with Gasteiger partial charge in [0.15, 0.2) is 0 Å². The van der Waals surface area contributed by atoms with Crippen LogP contribution in [0.2, 0.25) is 0 Å². The van der Waals surface area contributed by atoms with Crippen molar-refractivity contribution in [1.29, 1.82) is 0 Å². The average Bonchev–Trinajstić information content (AvgIpc) is 2.26. The van der Waals surface area contributed by atoms with Crippen molar-refractivity contribution in [3.8, 4) is 0 Å². The van der Waals surface area contributed by atoms with Gasteiger partial charge in [0.2, 0.25) is 0 Å². The van der Waals surface area contributed by atoms with Crippen LogP contribution in [0.5, 0.6) is 0 Å². The Hall–Kier alpha value is -1.58. The molecule has 0 bridgehead atoms. The van der Waals surface area contributed by atoms with Gasteiger partial charge in [-0.1, -0.05) is 12.2 Å². The smallest absolute Gasteiger partial charge is 0.307 e. The number of halogens is 1. The summed E-state index contributed by atoms with van der Waals surface area (Å²) in [4.78, 5) is 10.6. The second-order valence-corrected chi connectivity index (χ2v) is 4.68. The van der Waals surface area contributed by atoms with Gasteiger partial charge in [0.1, 0.15) is 17.2 Å². The van der Waals surface area contributed by atoms with Gasteiger partial charge in [0, 0.05) is 12.5 Å². The molecule has 0 radical (unpaired) electrons. The van der Waals surface area contributed by atoms with Crippen LogP contribution in [-0.2, 0) is 9.53 Å². The van der Waals surface area contributed by atoms with Gasteiger partial charge in [0.25, 0.3) is 0 Å². The normalized spacial score (nSPS) is 16.6. The Bertz CT molecular complexity index is 403. The molecule has 94 valence electrons. The summed E-state index contributed by atoms with van der Waals surface area (Å²) in [5.41, 5.74) is -0.302. The number of carboxylic acids is 1. The third-order valence-corrected chi connectivity index (χ3v) is 2.34. The number of hydrogen-bond donors (Lipinski definition) is 1. The molecule has 0 unspecified atom stereocenters. The molecule has 0 aromatic heterocycles. The minimum absolute atomic E-state index is 0.127. The molecular weight excluding hydrogens is 223 g/mol. The van der Waals surface area contributed by atoms with Gasteiger partial charge in [-0.15, -0.1) is 0 Å². The van der Waals surface area contributed by atoms with Crippen LogP contribution in [-0.4, -0.2) is 16.7 Å². The van der Waals surface area contributed by atoms with E-state index in [0.717, 1.165) is 0 Å². The SMILES string of the molecule is CC1=C(F)C=C(OC(C)(C)CC(=O)O)CC=C1. The van der Waals surface area contributed by atoms with Crippen molar-refractivity contribution in [3.63, 3.8) is 0 Å². The summed E-state index contributed by atoms with van der Waals surface area (Å²) in [7, 11) is 0. The van der Waals surface area contributed by atoms with E-state index in [2.05, 4.69) is 0 Å². The quantitative estimate of drug-likeness (QED) is 0.819. The second kappa shape index (κ2) is 5.17.